The van der Waals surface area contributed by atoms with E-state index in [2.05, 4.69) is 5.32 Å². The van der Waals surface area contributed by atoms with Crippen molar-refractivity contribution in [1.29, 1.82) is 0 Å². The molecule has 0 atom stereocenters. The fourth-order valence-electron chi connectivity index (χ4n) is 3.05. The highest BCUT2D eigenvalue weighted by Crippen LogP contribution is 2.38. The summed E-state index contributed by atoms with van der Waals surface area (Å²) in [5.74, 6) is 0.265. The third kappa shape index (κ3) is 7.76. The number of primary sulfonamides is 1. The Morgan fingerprint density at radius 1 is 1.09 bits per heavy atom. The van der Waals surface area contributed by atoms with Gasteiger partial charge in [0.1, 0.15) is 10.6 Å². The third-order valence-electron chi connectivity index (χ3n) is 4.85. The largest absolute Gasteiger partial charge is 0.454 e. The van der Waals surface area contributed by atoms with Crippen molar-refractivity contribution in [3.63, 3.8) is 0 Å². The molecule has 3 N–H and O–H groups in total. The molecule has 0 saturated heterocycles. The number of carbonyl (C=O) groups excluding carboxylic acids is 2. The average Bonchev–Trinajstić information content (AvgIpc) is 2.79. The molecule has 8 nitrogen and oxygen atoms in total. The van der Waals surface area contributed by atoms with Gasteiger partial charge in [0.15, 0.2) is 5.75 Å². The van der Waals surface area contributed by atoms with Crippen LogP contribution in [0.4, 0.5) is 5.69 Å². The molecule has 33 heavy (non-hydrogen) atoms. The molecule has 0 bridgehead atoms. The predicted octanol–water partition coefficient (Wildman–Crippen LogP) is 4.08. The molecule has 0 aliphatic rings. The summed E-state index contributed by atoms with van der Waals surface area (Å²) in [5, 5.41) is 8.22. The number of thioether (sulfide) groups is 1. The fourth-order valence-corrected chi connectivity index (χ4v) is 4.48. The van der Waals surface area contributed by atoms with Gasteiger partial charge in [0.25, 0.3) is 0 Å². The van der Waals surface area contributed by atoms with Gasteiger partial charge in [0.05, 0.1) is 11.4 Å². The highest BCUT2D eigenvalue weighted by atomic mass is 32.2. The smallest absolute Gasteiger partial charge is 0.241 e. The average molecular weight is 494 g/mol. The molecule has 0 saturated carbocycles. The number of hydrogen-bond acceptors (Lipinski definition) is 7. The lowest BCUT2D eigenvalue weighted by Crippen LogP contribution is -2.32. The normalized spacial score (nSPS) is 11.2. The minimum absolute atomic E-state index is 0.0283. The highest BCUT2D eigenvalue weighted by molar-refractivity contribution is 8.14. The summed E-state index contributed by atoms with van der Waals surface area (Å²) >= 11 is 0.829. The molecule has 0 aliphatic carbocycles. The summed E-state index contributed by atoms with van der Waals surface area (Å²) in [4.78, 5) is 26.5. The van der Waals surface area contributed by atoms with Crippen LogP contribution in [0.5, 0.6) is 11.5 Å². The quantitative estimate of drug-likeness (QED) is 0.428. The molecule has 2 aromatic carbocycles. The van der Waals surface area contributed by atoms with E-state index in [1.807, 2.05) is 26.8 Å². The number of rotatable bonds is 12. The number of unbranched alkanes of at least 4 members (excludes halogenated alkanes) is 1. The van der Waals surface area contributed by atoms with Crippen LogP contribution in [-0.2, 0) is 14.8 Å². The molecule has 0 aromatic heterocycles. The molecule has 2 aromatic rings. The van der Waals surface area contributed by atoms with Gasteiger partial charge in [0.2, 0.25) is 21.0 Å². The topological polar surface area (TPSA) is 119 Å². The number of sulfonamides is 1. The van der Waals surface area contributed by atoms with Crippen LogP contribution in [-0.4, -0.2) is 49.7 Å². The van der Waals surface area contributed by atoms with Crippen LogP contribution in [0.2, 0.25) is 0 Å². The Morgan fingerprint density at radius 3 is 2.33 bits per heavy atom. The molecule has 0 radical (unpaired) electrons. The number of ether oxygens (including phenoxy) is 1. The second kappa shape index (κ2) is 12.6. The zero-order chi connectivity index (χ0) is 24.4. The zero-order valence-electron chi connectivity index (χ0n) is 19.2. The maximum Gasteiger partial charge on any atom is 0.241 e. The van der Waals surface area contributed by atoms with E-state index < -0.39 is 15.1 Å². The van der Waals surface area contributed by atoms with Crippen molar-refractivity contribution in [2.24, 2.45) is 5.14 Å². The lowest BCUT2D eigenvalue weighted by atomic mass is 10.2. The third-order valence-corrected chi connectivity index (χ3v) is 6.65. The van der Waals surface area contributed by atoms with Crippen molar-refractivity contribution in [1.82, 2.24) is 4.90 Å². The second-order valence-corrected chi connectivity index (χ2v) is 9.71. The summed E-state index contributed by atoms with van der Waals surface area (Å²) in [6, 6.07) is 11.5. The number of amides is 1. The van der Waals surface area contributed by atoms with Gasteiger partial charge in [-0.2, -0.15) is 0 Å². The first-order chi connectivity index (χ1) is 15.7. The Balaban J connectivity index is 2.44. The maximum atomic E-state index is 12.9. The number of nitrogens with two attached hydrogens (primary N) is 1. The Bertz CT molecular complexity index is 1060. The van der Waals surface area contributed by atoms with E-state index in [-0.39, 0.29) is 27.9 Å². The first-order valence-corrected chi connectivity index (χ1v) is 13.4. The summed E-state index contributed by atoms with van der Waals surface area (Å²) in [5.41, 5.74) is 0.466. The van der Waals surface area contributed by atoms with Crippen molar-refractivity contribution in [3.8, 4) is 11.5 Å². The van der Waals surface area contributed by atoms with Gasteiger partial charge in [-0.05, 0) is 44.5 Å². The summed E-state index contributed by atoms with van der Waals surface area (Å²) in [7, 11) is -4.22. The standard InChI is InChI=1S/C23H31N3O5S2/c1-4-7-13-25-19-14-17(23(28)32-16-21(27)26(5-2)6-3)15-20(33(24,29)30)22(19)31-18-11-9-8-10-12-18/h8-12,14-15,25H,4-7,13,16H2,1-3H3,(H2,24,29,30). The number of anilines is 1. The number of nitrogens with zero attached hydrogens (tertiary/aromatic N) is 1. The van der Waals surface area contributed by atoms with Crippen LogP contribution < -0.4 is 15.2 Å². The van der Waals surface area contributed by atoms with E-state index in [9.17, 15) is 18.0 Å². The molecular weight excluding hydrogens is 462 g/mol. The SMILES string of the molecule is CCCCNc1cc(C(=O)SCC(=O)N(CC)CC)cc(S(N)(=O)=O)c1Oc1ccccc1. The number of hydrogen-bond donors (Lipinski definition) is 2. The summed E-state index contributed by atoms with van der Waals surface area (Å²) in [6.45, 7) is 7.42. The van der Waals surface area contributed by atoms with Gasteiger partial charge in [-0.1, -0.05) is 43.3 Å². The van der Waals surface area contributed by atoms with Crippen molar-refractivity contribution in [2.45, 2.75) is 38.5 Å². The van der Waals surface area contributed by atoms with Gasteiger partial charge in [-0.15, -0.1) is 0 Å². The summed E-state index contributed by atoms with van der Waals surface area (Å²) < 4.78 is 30.7. The van der Waals surface area contributed by atoms with E-state index >= 15 is 0 Å². The Morgan fingerprint density at radius 2 is 1.76 bits per heavy atom. The predicted molar refractivity (Wildman–Crippen MR) is 132 cm³/mol. The van der Waals surface area contributed by atoms with Crippen LogP contribution in [0.15, 0.2) is 47.4 Å². The van der Waals surface area contributed by atoms with Crippen molar-refractivity contribution in [3.05, 3.63) is 48.0 Å². The van der Waals surface area contributed by atoms with E-state index in [0.29, 0.717) is 31.1 Å². The van der Waals surface area contributed by atoms with Gasteiger partial charge >= 0.3 is 0 Å². The van der Waals surface area contributed by atoms with Crippen LogP contribution in [0.25, 0.3) is 0 Å². The van der Waals surface area contributed by atoms with Crippen molar-refractivity contribution >= 4 is 38.5 Å². The maximum absolute atomic E-state index is 12.9. The molecule has 2 rings (SSSR count). The van der Waals surface area contributed by atoms with E-state index in [1.165, 1.54) is 6.07 Å². The first kappa shape index (κ1) is 26.7. The lowest BCUT2D eigenvalue weighted by Gasteiger charge is -2.19. The van der Waals surface area contributed by atoms with Crippen molar-refractivity contribution < 1.29 is 22.7 Å². The van der Waals surface area contributed by atoms with Gasteiger partial charge in [-0.3, -0.25) is 9.59 Å². The molecular formula is C23H31N3O5S2. The molecule has 0 unspecified atom stereocenters. The van der Waals surface area contributed by atoms with E-state index in [0.717, 1.165) is 24.6 Å². The van der Waals surface area contributed by atoms with Gasteiger partial charge < -0.3 is 15.0 Å². The molecule has 0 spiro atoms. The molecule has 0 fully saturated rings. The van der Waals surface area contributed by atoms with Gasteiger partial charge in [0, 0.05) is 25.2 Å². The molecule has 0 aliphatic heterocycles. The van der Waals surface area contributed by atoms with E-state index in [1.54, 1.807) is 35.2 Å². The van der Waals surface area contributed by atoms with Gasteiger partial charge in [-0.25, -0.2) is 13.6 Å². The number of carbonyl (C=O) groups is 2. The minimum atomic E-state index is -4.22. The molecule has 0 heterocycles. The zero-order valence-corrected chi connectivity index (χ0v) is 20.8. The minimum Gasteiger partial charge on any atom is -0.454 e. The monoisotopic (exact) mass is 493 g/mol. The lowest BCUT2D eigenvalue weighted by molar-refractivity contribution is -0.127. The fraction of sp³-hybridized carbons (Fsp3) is 0.391. The second-order valence-electron chi connectivity index (χ2n) is 7.23. The molecule has 1 amide bonds. The van der Waals surface area contributed by atoms with Crippen molar-refractivity contribution in [2.75, 3.05) is 30.7 Å². The number of benzene rings is 2. The molecule has 10 heteroatoms. The first-order valence-electron chi connectivity index (χ1n) is 10.8. The summed E-state index contributed by atoms with van der Waals surface area (Å²) in [6.07, 6.45) is 1.76. The van der Waals surface area contributed by atoms with Crippen LogP contribution >= 0.6 is 11.8 Å². The van der Waals surface area contributed by atoms with Crippen LogP contribution in [0.1, 0.15) is 44.0 Å². The molecule has 180 valence electrons. The highest BCUT2D eigenvalue weighted by Gasteiger charge is 2.24. The Labute approximate surface area is 199 Å². The van der Waals surface area contributed by atoms with Crippen LogP contribution in [0.3, 0.4) is 0 Å². The van der Waals surface area contributed by atoms with E-state index in [4.69, 9.17) is 9.88 Å². The number of nitrogens with one attached hydrogen (secondary N) is 1. The Hall–Kier alpha value is -2.56. The Kier molecular flexibility index (Phi) is 10.2. The number of para-hydroxylation sites is 1. The van der Waals surface area contributed by atoms with Crippen LogP contribution in [0, 0.1) is 0 Å².